The van der Waals surface area contributed by atoms with Crippen molar-refractivity contribution in [2.24, 2.45) is 23.7 Å². The number of hydrogen-bond donors (Lipinski definition) is 3. The number of amides is 4. The highest BCUT2D eigenvalue weighted by Gasteiger charge is 2.71. The number of hydrogen-bond acceptors (Lipinski definition) is 9. The van der Waals surface area contributed by atoms with Crippen LogP contribution in [0.2, 0.25) is 5.02 Å². The molecule has 3 aromatic carbocycles. The number of carbonyl (C=O) groups is 4. The number of hydroxylamine groups is 2. The topological polar surface area (TPSA) is 146 Å². The lowest BCUT2D eigenvalue weighted by atomic mass is 9.49. The minimum Gasteiger partial charge on any atom is -0.508 e. The van der Waals surface area contributed by atoms with Gasteiger partial charge >= 0.3 is 0 Å². The van der Waals surface area contributed by atoms with Crippen LogP contribution in [-0.4, -0.2) is 58.2 Å². The number of phenols is 1. The number of rotatable bonds is 6. The largest absolute Gasteiger partial charge is 0.508 e. The average Bonchev–Trinajstić information content (AvgIpc) is 3.42. The van der Waals surface area contributed by atoms with Crippen LogP contribution < -0.4 is 14.9 Å². The van der Waals surface area contributed by atoms with Crippen molar-refractivity contribution in [2.45, 2.75) is 24.2 Å². The van der Waals surface area contributed by atoms with Gasteiger partial charge in [-0.25, -0.2) is 4.39 Å². The molecule has 0 unspecified atom stereocenters. The van der Waals surface area contributed by atoms with Gasteiger partial charge in [0.15, 0.2) is 0 Å². The Hall–Kier alpha value is -4.94. The third-order valence-corrected chi connectivity index (χ3v) is 10.3. The monoisotopic (exact) mass is 661 g/mol. The van der Waals surface area contributed by atoms with Crippen LogP contribution in [0.25, 0.3) is 0 Å². The summed E-state index contributed by atoms with van der Waals surface area (Å²) in [6.45, 7) is 0. The number of halogens is 2. The first-order valence-corrected chi connectivity index (χ1v) is 15.3. The number of nitrogens with one attached hydrogen (secondary N) is 1. The molecule has 6 atom stereocenters. The van der Waals surface area contributed by atoms with Crippen LogP contribution in [0.15, 0.2) is 72.3 Å². The van der Waals surface area contributed by atoms with Gasteiger partial charge in [-0.3, -0.25) is 29.8 Å². The molecule has 2 heterocycles. The van der Waals surface area contributed by atoms with E-state index in [0.717, 1.165) is 5.01 Å². The Kier molecular flexibility index (Phi) is 7.25. The number of hydrazine groups is 1. The Morgan fingerprint density at radius 3 is 2.17 bits per heavy atom. The van der Waals surface area contributed by atoms with Gasteiger partial charge in [0.25, 0.3) is 23.6 Å². The van der Waals surface area contributed by atoms with Crippen molar-refractivity contribution < 1.29 is 43.4 Å². The van der Waals surface area contributed by atoms with Gasteiger partial charge in [-0.1, -0.05) is 35.4 Å². The molecule has 11 nitrogen and oxygen atoms in total. The summed E-state index contributed by atoms with van der Waals surface area (Å²) in [7, 11) is 2.78. The van der Waals surface area contributed by atoms with Gasteiger partial charge in [-0.2, -0.15) is 10.1 Å². The zero-order chi connectivity index (χ0) is 33.4. The van der Waals surface area contributed by atoms with E-state index in [1.165, 1.54) is 50.6 Å². The summed E-state index contributed by atoms with van der Waals surface area (Å²) >= 11 is 6.30. The fraction of sp³-hybridized carbons (Fsp3) is 0.294. The number of aromatic hydroxyl groups is 1. The second-order valence-electron chi connectivity index (χ2n) is 12.1. The van der Waals surface area contributed by atoms with Gasteiger partial charge in [-0.15, -0.1) is 0 Å². The molecule has 242 valence electrons. The molecule has 7 rings (SSSR count). The highest BCUT2D eigenvalue weighted by Crippen LogP contribution is 2.66. The summed E-state index contributed by atoms with van der Waals surface area (Å²) < 4.78 is 25.3. The average molecular weight is 662 g/mol. The Labute approximate surface area is 273 Å². The number of anilines is 1. The maximum atomic E-state index is 15.2. The van der Waals surface area contributed by atoms with Gasteiger partial charge < -0.3 is 14.6 Å². The SMILES string of the molecule is COc1cc(O)cc(OC)c1[C@H]1C2=CC[C@@H]3C(=O)N(O)C(=O)[C@@H]3[C@@H]2C[C@H]2C(=O)N(Nc3ccc(F)cc3)C(=O)[C@@]12c1ccc(Cl)cc1. The lowest BCUT2D eigenvalue weighted by Crippen LogP contribution is -2.53. The maximum Gasteiger partial charge on any atom is 0.260 e. The molecule has 3 aromatic rings. The smallest absolute Gasteiger partial charge is 0.260 e. The van der Waals surface area contributed by atoms with Gasteiger partial charge in [0.05, 0.1) is 43.1 Å². The number of fused-ring (bicyclic) bond motifs is 4. The second-order valence-corrected chi connectivity index (χ2v) is 12.6. The van der Waals surface area contributed by atoms with E-state index in [1.54, 1.807) is 30.3 Å². The number of phenolic OH excluding ortho intramolecular Hbond substituents is 1. The van der Waals surface area contributed by atoms with Crippen molar-refractivity contribution in [3.63, 3.8) is 0 Å². The Morgan fingerprint density at radius 1 is 0.915 bits per heavy atom. The van der Waals surface area contributed by atoms with Crippen molar-refractivity contribution in [1.82, 2.24) is 10.1 Å². The summed E-state index contributed by atoms with van der Waals surface area (Å²) in [6, 6.07) is 14.4. The lowest BCUT2D eigenvalue weighted by molar-refractivity contribution is -0.173. The Balaban J connectivity index is 1.53. The number of ether oxygens (including phenoxy) is 2. The van der Waals surface area contributed by atoms with E-state index < -0.39 is 64.5 Å². The van der Waals surface area contributed by atoms with Gasteiger partial charge in [0.1, 0.15) is 23.1 Å². The zero-order valence-electron chi connectivity index (χ0n) is 25.1. The minimum absolute atomic E-state index is 0.0200. The summed E-state index contributed by atoms with van der Waals surface area (Å²) in [5, 5.41) is 22.4. The molecule has 0 aromatic heterocycles. The van der Waals surface area contributed by atoms with Crippen LogP contribution in [-0.2, 0) is 24.6 Å². The van der Waals surface area contributed by atoms with E-state index in [9.17, 15) is 29.1 Å². The molecule has 1 saturated carbocycles. The molecule has 2 aliphatic heterocycles. The fourth-order valence-corrected chi connectivity index (χ4v) is 8.29. The third-order valence-electron chi connectivity index (χ3n) is 10.1. The summed E-state index contributed by atoms with van der Waals surface area (Å²) in [4.78, 5) is 56.1. The predicted octanol–water partition coefficient (Wildman–Crippen LogP) is 4.58. The predicted molar refractivity (Wildman–Crippen MR) is 164 cm³/mol. The van der Waals surface area contributed by atoms with E-state index in [1.807, 2.05) is 0 Å². The molecule has 2 aliphatic carbocycles. The first-order valence-electron chi connectivity index (χ1n) is 14.9. The molecular formula is C34H29ClFN3O8. The summed E-state index contributed by atoms with van der Waals surface area (Å²) in [6.07, 6.45) is 1.88. The van der Waals surface area contributed by atoms with Crippen LogP contribution in [0.1, 0.15) is 29.9 Å². The van der Waals surface area contributed by atoms with Crippen molar-refractivity contribution >= 4 is 40.9 Å². The number of nitrogens with zero attached hydrogens (tertiary/aromatic N) is 2. The molecular weight excluding hydrogens is 633 g/mol. The van der Waals surface area contributed by atoms with Crippen LogP contribution in [0.5, 0.6) is 17.2 Å². The van der Waals surface area contributed by atoms with E-state index in [-0.39, 0.29) is 40.8 Å². The van der Waals surface area contributed by atoms with E-state index in [2.05, 4.69) is 5.43 Å². The molecule has 0 bridgehead atoms. The number of carbonyl (C=O) groups excluding carboxylic acids is 4. The molecule has 3 fully saturated rings. The van der Waals surface area contributed by atoms with Crippen molar-refractivity contribution in [3.05, 3.63) is 94.3 Å². The molecule has 3 N–H and O–H groups in total. The Morgan fingerprint density at radius 2 is 1.55 bits per heavy atom. The van der Waals surface area contributed by atoms with E-state index >= 15 is 4.79 Å². The lowest BCUT2D eigenvalue weighted by Gasteiger charge is -2.50. The van der Waals surface area contributed by atoms with Crippen molar-refractivity contribution in [3.8, 4) is 17.2 Å². The molecule has 4 amide bonds. The van der Waals surface area contributed by atoms with Crippen LogP contribution in [0, 0.1) is 29.5 Å². The highest BCUT2D eigenvalue weighted by atomic mass is 35.5. The quantitative estimate of drug-likeness (QED) is 0.196. The molecule has 4 aliphatic rings. The number of imide groups is 2. The normalized spacial score (nSPS) is 28.1. The fourth-order valence-electron chi connectivity index (χ4n) is 8.16. The van der Waals surface area contributed by atoms with E-state index in [4.69, 9.17) is 21.1 Å². The standard InChI is InChI=1S/C34H29ClFN3O8/c1-46-25-13-20(40)14-26(47-2)28(25)29-21-11-12-22-27(32(43)39(45)30(22)41)23(21)15-24-31(42)38(37-19-9-7-18(36)8-10-19)33(44)34(24,29)16-3-5-17(35)6-4-16/h3-11,13-14,22-24,27,29,37,40,45H,12,15H2,1-2H3/t22-,23+,24-,27-,29+,34+/m0/s1. The van der Waals surface area contributed by atoms with Crippen molar-refractivity contribution in [2.75, 3.05) is 19.6 Å². The van der Waals surface area contributed by atoms with Crippen LogP contribution in [0.3, 0.4) is 0 Å². The number of allylic oxidation sites excluding steroid dienone is 2. The molecule has 0 spiro atoms. The van der Waals surface area contributed by atoms with Gasteiger partial charge in [-0.05, 0) is 60.7 Å². The highest BCUT2D eigenvalue weighted by molar-refractivity contribution is 6.30. The Bertz CT molecular complexity index is 1840. The van der Waals surface area contributed by atoms with Crippen LogP contribution in [0.4, 0.5) is 10.1 Å². The number of benzene rings is 3. The molecule has 47 heavy (non-hydrogen) atoms. The molecule has 2 saturated heterocycles. The number of methoxy groups -OCH3 is 2. The third kappa shape index (κ3) is 4.35. The van der Waals surface area contributed by atoms with Gasteiger partial charge in [0.2, 0.25) is 0 Å². The minimum atomic E-state index is -1.69. The first kappa shape index (κ1) is 30.7. The zero-order valence-corrected chi connectivity index (χ0v) is 25.9. The van der Waals surface area contributed by atoms with Crippen LogP contribution >= 0.6 is 11.6 Å². The molecule has 0 radical (unpaired) electrons. The van der Waals surface area contributed by atoms with E-state index in [0.29, 0.717) is 21.7 Å². The second kappa shape index (κ2) is 11.1. The van der Waals surface area contributed by atoms with Gasteiger partial charge in [0, 0.05) is 28.6 Å². The summed E-state index contributed by atoms with van der Waals surface area (Å²) in [5.41, 5.74) is 2.82. The molecule has 13 heteroatoms. The maximum absolute atomic E-state index is 15.2. The summed E-state index contributed by atoms with van der Waals surface area (Å²) in [5.74, 6) is -7.87. The van der Waals surface area contributed by atoms with Crippen molar-refractivity contribution in [1.29, 1.82) is 0 Å². The first-order chi connectivity index (χ1) is 22.5.